The maximum atomic E-state index is 12.2. The van der Waals surface area contributed by atoms with Gasteiger partial charge < -0.3 is 0 Å². The lowest BCUT2D eigenvalue weighted by Crippen LogP contribution is -2.24. The van der Waals surface area contributed by atoms with Gasteiger partial charge in [-0.05, 0) is 38.1 Å². The molecular weight excluding hydrogens is 368 g/mol. The molecule has 0 saturated heterocycles. The van der Waals surface area contributed by atoms with E-state index in [1.54, 1.807) is 36.4 Å². The van der Waals surface area contributed by atoms with Crippen LogP contribution in [0.5, 0.6) is 0 Å². The van der Waals surface area contributed by atoms with E-state index in [0.717, 1.165) is 10.0 Å². The first-order valence-electron chi connectivity index (χ1n) is 6.59. The zero-order valence-electron chi connectivity index (χ0n) is 12.1. The Kier molecular flexibility index (Phi) is 5.16. The predicted molar refractivity (Wildman–Crippen MR) is 87.4 cm³/mol. The first kappa shape index (κ1) is 16.9. The number of benzene rings is 2. The standard InChI is InChI=1S/C16H15BrO4S/c1-11-3-9-15(10-4-11)22(19,20)21-12(2)16(18)13-5-7-14(17)8-6-13/h3-10,12H,1-2H3. The van der Waals surface area contributed by atoms with Gasteiger partial charge >= 0.3 is 0 Å². The molecule has 0 saturated carbocycles. The largest absolute Gasteiger partial charge is 0.297 e. The summed E-state index contributed by atoms with van der Waals surface area (Å²) in [6.45, 7) is 3.28. The van der Waals surface area contributed by atoms with Gasteiger partial charge in [0.15, 0.2) is 5.78 Å². The van der Waals surface area contributed by atoms with Gasteiger partial charge in [0.25, 0.3) is 10.1 Å². The van der Waals surface area contributed by atoms with E-state index in [1.165, 1.54) is 19.1 Å². The number of halogens is 1. The van der Waals surface area contributed by atoms with E-state index in [9.17, 15) is 13.2 Å². The summed E-state index contributed by atoms with van der Waals surface area (Å²) in [5, 5.41) is 0. The lowest BCUT2D eigenvalue weighted by molar-refractivity contribution is 0.0826. The van der Waals surface area contributed by atoms with E-state index < -0.39 is 16.2 Å². The normalized spacial score (nSPS) is 12.9. The molecule has 0 fully saturated rings. The van der Waals surface area contributed by atoms with Crippen LogP contribution in [0.25, 0.3) is 0 Å². The maximum Gasteiger partial charge on any atom is 0.297 e. The van der Waals surface area contributed by atoms with Gasteiger partial charge in [-0.1, -0.05) is 45.8 Å². The van der Waals surface area contributed by atoms with Gasteiger partial charge in [0.05, 0.1) is 4.90 Å². The molecule has 2 aromatic carbocycles. The highest BCUT2D eigenvalue weighted by Gasteiger charge is 2.24. The first-order valence-corrected chi connectivity index (χ1v) is 8.79. The lowest BCUT2D eigenvalue weighted by Gasteiger charge is -2.12. The summed E-state index contributed by atoms with van der Waals surface area (Å²) < 4.78 is 30.2. The van der Waals surface area contributed by atoms with E-state index in [4.69, 9.17) is 4.18 Å². The molecule has 0 radical (unpaired) electrons. The van der Waals surface area contributed by atoms with Crippen LogP contribution in [-0.4, -0.2) is 20.3 Å². The van der Waals surface area contributed by atoms with Crippen molar-refractivity contribution in [2.24, 2.45) is 0 Å². The minimum Gasteiger partial charge on any atom is -0.291 e. The number of aryl methyl sites for hydroxylation is 1. The third kappa shape index (κ3) is 4.03. The Hall–Kier alpha value is -1.50. The van der Waals surface area contributed by atoms with Gasteiger partial charge in [-0.3, -0.25) is 8.98 Å². The molecule has 0 aliphatic rings. The molecule has 0 amide bonds. The van der Waals surface area contributed by atoms with Crippen molar-refractivity contribution in [3.8, 4) is 0 Å². The van der Waals surface area contributed by atoms with Crippen LogP contribution in [0, 0.1) is 6.92 Å². The van der Waals surface area contributed by atoms with E-state index >= 15 is 0 Å². The monoisotopic (exact) mass is 382 g/mol. The van der Waals surface area contributed by atoms with Crippen molar-refractivity contribution in [2.75, 3.05) is 0 Å². The number of rotatable bonds is 5. The molecule has 4 nitrogen and oxygen atoms in total. The Bertz CT molecular complexity index is 765. The summed E-state index contributed by atoms with van der Waals surface area (Å²) in [5.74, 6) is -0.386. The highest BCUT2D eigenvalue weighted by Crippen LogP contribution is 2.18. The lowest BCUT2D eigenvalue weighted by atomic mass is 10.1. The molecule has 0 aromatic heterocycles. The quantitative estimate of drug-likeness (QED) is 0.583. The van der Waals surface area contributed by atoms with Gasteiger partial charge in [-0.25, -0.2) is 0 Å². The second kappa shape index (κ2) is 6.73. The topological polar surface area (TPSA) is 60.4 Å². The minimum atomic E-state index is -3.97. The van der Waals surface area contributed by atoms with Crippen molar-refractivity contribution in [1.82, 2.24) is 0 Å². The minimum absolute atomic E-state index is 0.0357. The maximum absolute atomic E-state index is 12.2. The number of hydrogen-bond donors (Lipinski definition) is 0. The van der Waals surface area contributed by atoms with Gasteiger partial charge in [0, 0.05) is 10.0 Å². The first-order chi connectivity index (χ1) is 10.3. The molecule has 1 atom stereocenters. The molecule has 22 heavy (non-hydrogen) atoms. The highest BCUT2D eigenvalue weighted by molar-refractivity contribution is 9.10. The number of hydrogen-bond acceptors (Lipinski definition) is 4. The third-order valence-corrected chi connectivity index (χ3v) is 5.00. The molecular formula is C16H15BrO4S. The molecule has 0 bridgehead atoms. The zero-order valence-corrected chi connectivity index (χ0v) is 14.5. The summed E-state index contributed by atoms with van der Waals surface area (Å²) in [5.41, 5.74) is 1.34. The van der Waals surface area contributed by atoms with Crippen LogP contribution < -0.4 is 0 Å². The summed E-state index contributed by atoms with van der Waals surface area (Å²) in [7, 11) is -3.97. The van der Waals surface area contributed by atoms with Gasteiger partial charge in [0.1, 0.15) is 6.10 Å². The van der Waals surface area contributed by atoms with Crippen LogP contribution in [0.2, 0.25) is 0 Å². The average Bonchev–Trinajstić information content (AvgIpc) is 2.47. The van der Waals surface area contributed by atoms with Crippen molar-refractivity contribution in [3.05, 3.63) is 64.1 Å². The number of carbonyl (C=O) groups is 1. The summed E-state index contributed by atoms with van der Waals surface area (Å²) >= 11 is 3.28. The van der Waals surface area contributed by atoms with Gasteiger partial charge in [-0.2, -0.15) is 8.42 Å². The number of ketones is 1. The van der Waals surface area contributed by atoms with Crippen molar-refractivity contribution >= 4 is 31.8 Å². The molecule has 0 heterocycles. The van der Waals surface area contributed by atoms with Gasteiger partial charge in [-0.15, -0.1) is 0 Å². The number of Topliss-reactive ketones (excluding diaryl/α,β-unsaturated/α-hetero) is 1. The van der Waals surface area contributed by atoms with Crippen LogP contribution in [0.3, 0.4) is 0 Å². The fraction of sp³-hybridized carbons (Fsp3) is 0.188. The zero-order chi connectivity index (χ0) is 16.3. The fourth-order valence-electron chi connectivity index (χ4n) is 1.84. The fourth-order valence-corrected chi connectivity index (χ4v) is 3.16. The Morgan fingerprint density at radius 1 is 1.05 bits per heavy atom. The molecule has 0 aliphatic heterocycles. The van der Waals surface area contributed by atoms with Crippen molar-refractivity contribution < 1.29 is 17.4 Å². The van der Waals surface area contributed by atoms with E-state index in [2.05, 4.69) is 15.9 Å². The van der Waals surface area contributed by atoms with Crippen LogP contribution in [-0.2, 0) is 14.3 Å². The average molecular weight is 383 g/mol. The molecule has 116 valence electrons. The summed E-state index contributed by atoms with van der Waals surface area (Å²) in [6.07, 6.45) is -1.09. The van der Waals surface area contributed by atoms with Crippen molar-refractivity contribution in [2.45, 2.75) is 24.8 Å². The van der Waals surface area contributed by atoms with Crippen molar-refractivity contribution in [1.29, 1.82) is 0 Å². The Balaban J connectivity index is 2.16. The molecule has 0 aliphatic carbocycles. The molecule has 0 N–H and O–H groups in total. The molecule has 1 unspecified atom stereocenters. The van der Waals surface area contributed by atoms with E-state index in [1.807, 2.05) is 6.92 Å². The Morgan fingerprint density at radius 3 is 2.14 bits per heavy atom. The highest BCUT2D eigenvalue weighted by atomic mass is 79.9. The third-order valence-electron chi connectivity index (χ3n) is 3.08. The van der Waals surface area contributed by atoms with Gasteiger partial charge in [0.2, 0.25) is 0 Å². The van der Waals surface area contributed by atoms with Crippen LogP contribution >= 0.6 is 15.9 Å². The summed E-state index contributed by atoms with van der Waals surface area (Å²) in [6, 6.07) is 12.9. The predicted octanol–water partition coefficient (Wildman–Crippen LogP) is 3.73. The van der Waals surface area contributed by atoms with Crippen LogP contribution in [0.1, 0.15) is 22.8 Å². The second-order valence-corrected chi connectivity index (χ2v) is 7.36. The second-order valence-electron chi connectivity index (χ2n) is 4.88. The molecule has 0 spiro atoms. The molecule has 6 heteroatoms. The summed E-state index contributed by atoms with van der Waals surface area (Å²) in [4.78, 5) is 12.3. The Labute approximate surface area is 138 Å². The van der Waals surface area contributed by atoms with E-state index in [-0.39, 0.29) is 10.7 Å². The Morgan fingerprint density at radius 2 is 1.59 bits per heavy atom. The van der Waals surface area contributed by atoms with Crippen LogP contribution in [0.15, 0.2) is 57.9 Å². The molecule has 2 aromatic rings. The smallest absolute Gasteiger partial charge is 0.291 e. The van der Waals surface area contributed by atoms with Crippen molar-refractivity contribution in [3.63, 3.8) is 0 Å². The molecule has 2 rings (SSSR count). The SMILES string of the molecule is Cc1ccc(S(=O)(=O)OC(C)C(=O)c2ccc(Br)cc2)cc1. The van der Waals surface area contributed by atoms with Crippen LogP contribution in [0.4, 0.5) is 0 Å². The number of carbonyl (C=O) groups excluding carboxylic acids is 1. The van der Waals surface area contributed by atoms with E-state index in [0.29, 0.717) is 5.56 Å².